The van der Waals surface area contributed by atoms with Gasteiger partial charge in [0.05, 0.1) is 18.4 Å². The third-order valence-corrected chi connectivity index (χ3v) is 4.77. The summed E-state index contributed by atoms with van der Waals surface area (Å²) in [6, 6.07) is 0. The van der Waals surface area contributed by atoms with E-state index in [9.17, 15) is 18.0 Å². The molecule has 9 nitrogen and oxygen atoms in total. The molecule has 2 heterocycles. The number of oxazole rings is 1. The molecule has 1 aliphatic rings. The van der Waals surface area contributed by atoms with Gasteiger partial charge >= 0.3 is 0 Å². The highest BCUT2D eigenvalue weighted by Crippen LogP contribution is 2.15. The first kappa shape index (κ1) is 16.4. The van der Waals surface area contributed by atoms with Gasteiger partial charge in [0.2, 0.25) is 21.7 Å². The van der Waals surface area contributed by atoms with Crippen molar-refractivity contribution in [2.45, 2.75) is 0 Å². The molecule has 0 unspecified atom stereocenters. The number of hydrogen-bond donors (Lipinski definition) is 1. The van der Waals surface area contributed by atoms with Crippen LogP contribution in [0.4, 0.5) is 0 Å². The van der Waals surface area contributed by atoms with Gasteiger partial charge in [-0.15, -0.1) is 0 Å². The average Bonchev–Trinajstić information content (AvgIpc) is 2.89. The highest BCUT2D eigenvalue weighted by molar-refractivity contribution is 7.88. The maximum absolute atomic E-state index is 12.3. The minimum atomic E-state index is -3.45. The van der Waals surface area contributed by atoms with E-state index in [4.69, 9.17) is 4.42 Å². The van der Waals surface area contributed by atoms with Crippen LogP contribution >= 0.6 is 0 Å². The topological polar surface area (TPSA) is 113 Å². The van der Waals surface area contributed by atoms with E-state index >= 15 is 0 Å². The van der Waals surface area contributed by atoms with Gasteiger partial charge in [0, 0.05) is 33.2 Å². The van der Waals surface area contributed by atoms with Crippen molar-refractivity contribution in [3.05, 3.63) is 18.4 Å². The zero-order valence-electron chi connectivity index (χ0n) is 12.4. The van der Waals surface area contributed by atoms with Gasteiger partial charge in [-0.25, -0.2) is 13.4 Å². The number of amides is 2. The summed E-state index contributed by atoms with van der Waals surface area (Å²) in [5, 5.41) is 2.49. The predicted molar refractivity (Wildman–Crippen MR) is 76.4 cm³/mol. The third kappa shape index (κ3) is 3.63. The summed E-state index contributed by atoms with van der Waals surface area (Å²) in [7, 11) is -1.97. The van der Waals surface area contributed by atoms with Crippen molar-refractivity contribution in [3.8, 4) is 0 Å². The normalized spacial score (nSPS) is 20.5. The van der Waals surface area contributed by atoms with Crippen molar-refractivity contribution < 1.29 is 22.4 Å². The molecular formula is C12H18N4O5S. The molecule has 0 saturated carbocycles. The number of rotatable bonds is 3. The molecule has 0 radical (unpaired) electrons. The lowest BCUT2D eigenvalue weighted by molar-refractivity contribution is -0.124. The first-order valence-corrected chi connectivity index (χ1v) is 8.52. The Morgan fingerprint density at radius 2 is 2.09 bits per heavy atom. The maximum Gasteiger partial charge on any atom is 0.291 e. The lowest BCUT2D eigenvalue weighted by Gasteiger charge is -2.22. The third-order valence-electron chi connectivity index (χ3n) is 3.50. The van der Waals surface area contributed by atoms with Crippen LogP contribution in [0.2, 0.25) is 0 Å². The van der Waals surface area contributed by atoms with E-state index in [0.29, 0.717) is 0 Å². The summed E-state index contributed by atoms with van der Waals surface area (Å²) < 4.78 is 29.7. The molecule has 2 rings (SSSR count). The lowest BCUT2D eigenvalue weighted by atomic mass is 10.1. The summed E-state index contributed by atoms with van der Waals surface area (Å²) in [6.07, 6.45) is 3.52. The number of aromatic nitrogens is 1. The molecule has 1 aromatic rings. The molecule has 1 saturated heterocycles. The summed E-state index contributed by atoms with van der Waals surface area (Å²) in [5.41, 5.74) is 0. The molecular weight excluding hydrogens is 312 g/mol. The largest absolute Gasteiger partial charge is 0.438 e. The second-order valence-corrected chi connectivity index (χ2v) is 7.03. The summed E-state index contributed by atoms with van der Waals surface area (Å²) >= 11 is 0. The summed E-state index contributed by atoms with van der Waals surface area (Å²) in [5.74, 6) is -1.31. The first-order chi connectivity index (χ1) is 10.3. The maximum atomic E-state index is 12.3. The van der Waals surface area contributed by atoms with E-state index in [1.165, 1.54) is 22.4 Å². The summed E-state index contributed by atoms with van der Waals surface area (Å²) in [4.78, 5) is 29.4. The molecule has 22 heavy (non-hydrogen) atoms. The van der Waals surface area contributed by atoms with Gasteiger partial charge in [-0.2, -0.15) is 4.31 Å². The molecule has 1 N–H and O–H groups in total. The van der Waals surface area contributed by atoms with Gasteiger partial charge < -0.3 is 14.6 Å². The van der Waals surface area contributed by atoms with Gasteiger partial charge in [-0.3, -0.25) is 9.59 Å². The van der Waals surface area contributed by atoms with Gasteiger partial charge in [-0.05, 0) is 0 Å². The zero-order valence-corrected chi connectivity index (χ0v) is 13.2. The molecule has 1 aliphatic heterocycles. The van der Waals surface area contributed by atoms with Crippen LogP contribution in [0.25, 0.3) is 0 Å². The van der Waals surface area contributed by atoms with Crippen LogP contribution in [0.3, 0.4) is 0 Å². The fraction of sp³-hybridized carbons (Fsp3) is 0.583. The quantitative estimate of drug-likeness (QED) is 0.741. The first-order valence-electron chi connectivity index (χ1n) is 6.67. The molecule has 1 fully saturated rings. The van der Waals surface area contributed by atoms with Crippen LogP contribution in [0.5, 0.6) is 0 Å². The van der Waals surface area contributed by atoms with Gasteiger partial charge in [0.25, 0.3) is 5.91 Å². The van der Waals surface area contributed by atoms with Gasteiger partial charge in [0.1, 0.15) is 0 Å². The Morgan fingerprint density at radius 3 is 2.64 bits per heavy atom. The molecule has 122 valence electrons. The smallest absolute Gasteiger partial charge is 0.291 e. The van der Waals surface area contributed by atoms with Crippen molar-refractivity contribution >= 4 is 21.8 Å². The van der Waals surface area contributed by atoms with Crippen LogP contribution in [0, 0.1) is 5.92 Å². The zero-order chi connectivity index (χ0) is 16.3. The van der Waals surface area contributed by atoms with Crippen LogP contribution in [-0.2, 0) is 14.8 Å². The molecule has 0 spiro atoms. The highest BCUT2D eigenvalue weighted by atomic mass is 32.2. The molecule has 0 aliphatic carbocycles. The van der Waals surface area contributed by atoms with Crippen molar-refractivity contribution in [1.82, 2.24) is 19.5 Å². The van der Waals surface area contributed by atoms with Crippen LogP contribution in [0.1, 0.15) is 10.6 Å². The number of hydrogen-bond acceptors (Lipinski definition) is 6. The van der Waals surface area contributed by atoms with Crippen molar-refractivity contribution in [2.75, 3.05) is 39.5 Å². The molecule has 1 aromatic heterocycles. The second-order valence-electron chi connectivity index (χ2n) is 5.05. The fourth-order valence-corrected chi connectivity index (χ4v) is 3.18. The minimum absolute atomic E-state index is 0.0404. The van der Waals surface area contributed by atoms with Crippen molar-refractivity contribution in [2.24, 2.45) is 5.92 Å². The Labute approximate surface area is 128 Å². The number of nitrogens with zero attached hydrogens (tertiary/aromatic N) is 3. The Bertz CT molecular complexity index is 642. The van der Waals surface area contributed by atoms with Gasteiger partial charge in [-0.1, -0.05) is 0 Å². The Morgan fingerprint density at radius 1 is 1.36 bits per heavy atom. The standard InChI is InChI=1S/C12H18N4O5S/c1-13-11(17)9-6-15(12(18)10-5-14-8-21-10)3-4-16(7-9)22(2,19)20/h5,8-9H,3-4,6-7H2,1-2H3,(H,13,17)/t9-/m1/s1. The van der Waals surface area contributed by atoms with E-state index < -0.39 is 21.8 Å². The van der Waals surface area contributed by atoms with E-state index in [-0.39, 0.29) is 37.8 Å². The van der Waals surface area contributed by atoms with Crippen LogP contribution < -0.4 is 5.32 Å². The average molecular weight is 330 g/mol. The van der Waals surface area contributed by atoms with Crippen LogP contribution in [-0.4, -0.2) is 73.9 Å². The number of sulfonamides is 1. The van der Waals surface area contributed by atoms with Crippen molar-refractivity contribution in [1.29, 1.82) is 0 Å². The number of carbonyl (C=O) groups is 2. The molecule has 0 aromatic carbocycles. The van der Waals surface area contributed by atoms with Crippen LogP contribution in [0.15, 0.2) is 17.0 Å². The molecule has 10 heteroatoms. The second kappa shape index (κ2) is 6.44. The Kier molecular flexibility index (Phi) is 4.81. The monoisotopic (exact) mass is 330 g/mol. The minimum Gasteiger partial charge on any atom is -0.438 e. The molecule has 0 bridgehead atoms. The fourth-order valence-electron chi connectivity index (χ4n) is 2.32. The summed E-state index contributed by atoms with van der Waals surface area (Å²) in [6.45, 7) is 0.468. The van der Waals surface area contributed by atoms with E-state index in [2.05, 4.69) is 10.3 Å². The SMILES string of the molecule is CNC(=O)[C@@H]1CN(C(=O)c2cnco2)CCN(S(C)(=O)=O)C1. The molecule has 1 atom stereocenters. The molecule has 2 amide bonds. The van der Waals surface area contributed by atoms with Gasteiger partial charge in [0.15, 0.2) is 6.39 Å². The predicted octanol–water partition coefficient (Wildman–Crippen LogP) is -1.25. The van der Waals surface area contributed by atoms with E-state index in [1.807, 2.05) is 0 Å². The van der Waals surface area contributed by atoms with Crippen molar-refractivity contribution in [3.63, 3.8) is 0 Å². The number of nitrogens with one attached hydrogen (secondary N) is 1. The Balaban J connectivity index is 2.23. The lowest BCUT2D eigenvalue weighted by Crippen LogP contribution is -2.42. The highest BCUT2D eigenvalue weighted by Gasteiger charge is 2.33. The van der Waals surface area contributed by atoms with E-state index in [0.717, 1.165) is 12.6 Å². The number of carbonyl (C=O) groups excluding carboxylic acids is 2. The Hall–Kier alpha value is -1.94. The van der Waals surface area contributed by atoms with E-state index in [1.54, 1.807) is 0 Å².